The molecule has 3 aromatic carbocycles. The Labute approximate surface area is 182 Å². The highest BCUT2D eigenvalue weighted by Gasteiger charge is 2.27. The molecule has 1 aliphatic heterocycles. The number of benzene rings is 3. The van der Waals surface area contributed by atoms with Crippen LogP contribution in [0.1, 0.15) is 18.4 Å². The SMILES string of the molecule is O=C(Cc1cccc2ccccc12)N(CC1CCCO1)c1nc2c(F)cc(F)cc2s1. The lowest BCUT2D eigenvalue weighted by atomic mass is 10.0. The van der Waals surface area contributed by atoms with E-state index in [1.54, 1.807) is 4.90 Å². The van der Waals surface area contributed by atoms with Crippen LogP contribution in [0.25, 0.3) is 21.0 Å². The van der Waals surface area contributed by atoms with E-state index in [1.165, 1.54) is 6.07 Å². The van der Waals surface area contributed by atoms with Crippen molar-refractivity contribution in [2.75, 3.05) is 18.1 Å². The molecule has 1 aliphatic rings. The fraction of sp³-hybridized carbons (Fsp3) is 0.250. The highest BCUT2D eigenvalue weighted by atomic mass is 32.1. The van der Waals surface area contributed by atoms with Gasteiger partial charge in [0.15, 0.2) is 10.9 Å². The number of carbonyl (C=O) groups is 1. The van der Waals surface area contributed by atoms with Gasteiger partial charge in [-0.05, 0) is 35.2 Å². The number of fused-ring (bicyclic) bond motifs is 2. The van der Waals surface area contributed by atoms with Gasteiger partial charge in [0.2, 0.25) is 5.91 Å². The minimum absolute atomic E-state index is 0.0803. The van der Waals surface area contributed by atoms with Gasteiger partial charge in [0.25, 0.3) is 0 Å². The molecule has 158 valence electrons. The number of aromatic nitrogens is 1. The van der Waals surface area contributed by atoms with E-state index in [2.05, 4.69) is 4.98 Å². The normalized spacial score (nSPS) is 16.3. The predicted octanol–water partition coefficient (Wildman–Crippen LogP) is 5.48. The topological polar surface area (TPSA) is 42.4 Å². The maximum absolute atomic E-state index is 14.2. The van der Waals surface area contributed by atoms with E-state index in [9.17, 15) is 13.6 Å². The van der Waals surface area contributed by atoms with E-state index in [-0.39, 0.29) is 23.9 Å². The Morgan fingerprint density at radius 1 is 1.16 bits per heavy atom. The summed E-state index contributed by atoms with van der Waals surface area (Å²) < 4.78 is 34.0. The van der Waals surface area contributed by atoms with E-state index in [1.807, 2.05) is 42.5 Å². The molecule has 1 saturated heterocycles. The summed E-state index contributed by atoms with van der Waals surface area (Å²) >= 11 is 1.12. The van der Waals surface area contributed by atoms with Crippen molar-refractivity contribution < 1.29 is 18.3 Å². The average molecular weight is 438 g/mol. The lowest BCUT2D eigenvalue weighted by Gasteiger charge is -2.23. The molecule has 0 saturated carbocycles. The van der Waals surface area contributed by atoms with Gasteiger partial charge in [-0.2, -0.15) is 0 Å². The fourth-order valence-corrected chi connectivity index (χ4v) is 5.08. The summed E-state index contributed by atoms with van der Waals surface area (Å²) in [6, 6.07) is 15.9. The number of carbonyl (C=O) groups excluding carboxylic acids is 1. The zero-order valence-corrected chi connectivity index (χ0v) is 17.5. The van der Waals surface area contributed by atoms with Crippen molar-refractivity contribution in [2.45, 2.75) is 25.4 Å². The Morgan fingerprint density at radius 2 is 2.00 bits per heavy atom. The summed E-state index contributed by atoms with van der Waals surface area (Å²) in [5.41, 5.74) is 0.996. The van der Waals surface area contributed by atoms with Gasteiger partial charge in [-0.3, -0.25) is 9.69 Å². The lowest BCUT2D eigenvalue weighted by molar-refractivity contribution is -0.118. The zero-order valence-electron chi connectivity index (χ0n) is 16.7. The van der Waals surface area contributed by atoms with Crippen LogP contribution >= 0.6 is 11.3 Å². The van der Waals surface area contributed by atoms with E-state index in [4.69, 9.17) is 4.74 Å². The van der Waals surface area contributed by atoms with Crippen LogP contribution < -0.4 is 4.90 Å². The van der Waals surface area contributed by atoms with Gasteiger partial charge in [-0.15, -0.1) is 0 Å². The van der Waals surface area contributed by atoms with E-state index >= 15 is 0 Å². The Bertz CT molecular complexity index is 1260. The number of amides is 1. The molecule has 2 heterocycles. The van der Waals surface area contributed by atoms with Crippen LogP contribution in [-0.2, 0) is 16.0 Å². The molecule has 1 aromatic heterocycles. The van der Waals surface area contributed by atoms with Crippen LogP contribution in [0.5, 0.6) is 0 Å². The number of hydrogen-bond donors (Lipinski definition) is 0. The molecular formula is C24H20F2N2O2S. The summed E-state index contributed by atoms with van der Waals surface area (Å²) in [7, 11) is 0. The van der Waals surface area contributed by atoms with Crippen LogP contribution in [-0.4, -0.2) is 30.1 Å². The number of rotatable bonds is 5. The van der Waals surface area contributed by atoms with Gasteiger partial charge >= 0.3 is 0 Å². The Hall–Kier alpha value is -2.90. The van der Waals surface area contributed by atoms with Crippen LogP contribution in [0.4, 0.5) is 13.9 Å². The van der Waals surface area contributed by atoms with Crippen molar-refractivity contribution in [1.29, 1.82) is 0 Å². The molecule has 0 radical (unpaired) electrons. The summed E-state index contributed by atoms with van der Waals surface area (Å²) in [6.07, 6.45) is 1.88. The molecule has 0 spiro atoms. The van der Waals surface area contributed by atoms with Gasteiger partial charge in [-0.25, -0.2) is 13.8 Å². The molecule has 31 heavy (non-hydrogen) atoms. The molecule has 1 unspecified atom stereocenters. The predicted molar refractivity (Wildman–Crippen MR) is 119 cm³/mol. The average Bonchev–Trinajstić information content (AvgIpc) is 3.42. The van der Waals surface area contributed by atoms with Crippen molar-refractivity contribution in [3.8, 4) is 0 Å². The van der Waals surface area contributed by atoms with E-state index < -0.39 is 11.6 Å². The van der Waals surface area contributed by atoms with E-state index in [0.29, 0.717) is 23.0 Å². The first-order chi connectivity index (χ1) is 15.1. The molecule has 7 heteroatoms. The number of nitrogens with zero attached hydrogens (tertiary/aromatic N) is 2. The number of ether oxygens (including phenoxy) is 1. The first-order valence-corrected chi connectivity index (χ1v) is 11.0. The second-order valence-corrected chi connectivity index (χ2v) is 8.69. The van der Waals surface area contributed by atoms with E-state index in [0.717, 1.165) is 46.6 Å². The first kappa shape index (κ1) is 20.0. The monoisotopic (exact) mass is 438 g/mol. The van der Waals surface area contributed by atoms with Crippen molar-refractivity contribution in [3.63, 3.8) is 0 Å². The van der Waals surface area contributed by atoms with Gasteiger partial charge < -0.3 is 4.74 Å². The van der Waals surface area contributed by atoms with Crippen LogP contribution in [0.3, 0.4) is 0 Å². The number of hydrogen-bond acceptors (Lipinski definition) is 4. The van der Waals surface area contributed by atoms with Crippen LogP contribution in [0.15, 0.2) is 54.6 Å². The second kappa shape index (κ2) is 8.32. The lowest BCUT2D eigenvalue weighted by Crippen LogP contribution is -2.38. The minimum atomic E-state index is -0.726. The van der Waals surface area contributed by atoms with Gasteiger partial charge in [0.05, 0.1) is 23.8 Å². The van der Waals surface area contributed by atoms with Gasteiger partial charge in [-0.1, -0.05) is 53.8 Å². The third kappa shape index (κ3) is 4.03. The molecule has 4 aromatic rings. The Kier molecular flexibility index (Phi) is 5.38. The molecule has 0 bridgehead atoms. The first-order valence-electron chi connectivity index (χ1n) is 10.2. The molecule has 5 rings (SSSR count). The largest absolute Gasteiger partial charge is 0.376 e. The summed E-state index contributed by atoms with van der Waals surface area (Å²) in [5, 5.41) is 2.45. The molecule has 0 aliphatic carbocycles. The Morgan fingerprint density at radius 3 is 2.84 bits per heavy atom. The third-order valence-electron chi connectivity index (χ3n) is 5.57. The van der Waals surface area contributed by atoms with Crippen LogP contribution in [0.2, 0.25) is 0 Å². The Balaban J connectivity index is 1.51. The minimum Gasteiger partial charge on any atom is -0.376 e. The van der Waals surface area contributed by atoms with Crippen molar-refractivity contribution in [2.24, 2.45) is 0 Å². The summed E-state index contributed by atoms with van der Waals surface area (Å²) in [4.78, 5) is 19.4. The van der Waals surface area contributed by atoms with Crippen molar-refractivity contribution in [1.82, 2.24) is 4.98 Å². The molecule has 4 nitrogen and oxygen atoms in total. The van der Waals surface area contributed by atoms with Crippen molar-refractivity contribution in [3.05, 3.63) is 71.8 Å². The molecule has 1 atom stereocenters. The third-order valence-corrected chi connectivity index (χ3v) is 6.59. The highest BCUT2D eigenvalue weighted by Crippen LogP contribution is 2.32. The number of thiazole rings is 1. The van der Waals surface area contributed by atoms with Crippen molar-refractivity contribution >= 4 is 43.4 Å². The second-order valence-electron chi connectivity index (χ2n) is 7.69. The number of anilines is 1. The molecular weight excluding hydrogens is 418 g/mol. The molecule has 1 amide bonds. The smallest absolute Gasteiger partial charge is 0.233 e. The zero-order chi connectivity index (χ0) is 21.4. The maximum Gasteiger partial charge on any atom is 0.233 e. The fourth-order valence-electron chi connectivity index (χ4n) is 4.04. The molecule has 1 fully saturated rings. The quantitative estimate of drug-likeness (QED) is 0.414. The molecule has 0 N–H and O–H groups in total. The number of halogens is 2. The summed E-state index contributed by atoms with van der Waals surface area (Å²) in [5.74, 6) is -1.53. The van der Waals surface area contributed by atoms with Gasteiger partial charge in [0, 0.05) is 12.7 Å². The standard InChI is InChI=1S/C24H20F2N2O2S/c25-17-12-20(26)23-21(13-17)31-24(27-23)28(14-18-8-4-10-30-18)22(29)11-16-7-3-6-15-5-1-2-9-19(15)16/h1-3,5-7,9,12-13,18H,4,8,10-11,14H2. The van der Waals surface area contributed by atoms with Crippen LogP contribution in [0, 0.1) is 11.6 Å². The summed E-state index contributed by atoms with van der Waals surface area (Å²) in [6.45, 7) is 1.00. The maximum atomic E-state index is 14.2. The van der Waals surface area contributed by atoms with Gasteiger partial charge in [0.1, 0.15) is 11.3 Å². The highest BCUT2D eigenvalue weighted by molar-refractivity contribution is 7.22.